The molecule has 2 aromatic carbocycles. The Hall–Kier alpha value is -2.31. The molecular formula is C18H15ClN2O3S. The van der Waals surface area contributed by atoms with Crippen molar-refractivity contribution in [3.8, 4) is 0 Å². The Morgan fingerprint density at radius 3 is 2.68 bits per heavy atom. The molecule has 1 aliphatic heterocycles. The predicted molar refractivity (Wildman–Crippen MR) is 100 cm³/mol. The van der Waals surface area contributed by atoms with Gasteiger partial charge in [0.2, 0.25) is 0 Å². The fourth-order valence-electron chi connectivity index (χ4n) is 2.90. The van der Waals surface area contributed by atoms with Crippen molar-refractivity contribution in [1.29, 1.82) is 0 Å². The van der Waals surface area contributed by atoms with E-state index in [1.807, 2.05) is 6.07 Å². The molecule has 7 heteroatoms. The van der Waals surface area contributed by atoms with E-state index in [0.29, 0.717) is 21.9 Å². The Labute approximate surface area is 154 Å². The summed E-state index contributed by atoms with van der Waals surface area (Å²) in [6, 6.07) is 11.9. The molecule has 0 saturated carbocycles. The number of halogens is 1. The zero-order chi connectivity index (χ0) is 18.1. The van der Waals surface area contributed by atoms with Crippen molar-refractivity contribution >= 4 is 40.5 Å². The molecular weight excluding hydrogens is 360 g/mol. The molecule has 0 spiro atoms. The number of ketones is 1. The molecule has 1 heterocycles. The average Bonchev–Trinajstić information content (AvgIpc) is 2.69. The van der Waals surface area contributed by atoms with Crippen molar-refractivity contribution in [3.05, 3.63) is 74.4 Å². The number of anilines is 1. The molecule has 0 aliphatic carbocycles. The molecule has 2 aromatic rings. The maximum atomic E-state index is 12.3. The normalized spacial score (nSPS) is 16.7. The lowest BCUT2D eigenvalue weighted by Crippen LogP contribution is -2.12. The quantitative estimate of drug-likeness (QED) is 0.577. The molecule has 1 atom stereocenters. The Balaban J connectivity index is 2.22. The zero-order valence-corrected chi connectivity index (χ0v) is 15.1. The monoisotopic (exact) mass is 374 g/mol. The summed E-state index contributed by atoms with van der Waals surface area (Å²) >= 11 is 7.48. The molecule has 0 saturated heterocycles. The number of carbonyl (C=O) groups is 1. The van der Waals surface area contributed by atoms with Crippen molar-refractivity contribution < 1.29 is 9.72 Å². The Morgan fingerprint density at radius 2 is 2.00 bits per heavy atom. The van der Waals surface area contributed by atoms with Crippen molar-refractivity contribution in [3.63, 3.8) is 0 Å². The van der Waals surface area contributed by atoms with E-state index >= 15 is 0 Å². The van der Waals surface area contributed by atoms with Gasteiger partial charge in [-0.05, 0) is 32.0 Å². The molecule has 25 heavy (non-hydrogen) atoms. The third kappa shape index (κ3) is 3.41. The van der Waals surface area contributed by atoms with Crippen LogP contribution >= 0.6 is 23.4 Å². The van der Waals surface area contributed by atoms with E-state index in [1.165, 1.54) is 24.8 Å². The highest BCUT2D eigenvalue weighted by Crippen LogP contribution is 2.49. The van der Waals surface area contributed by atoms with E-state index in [2.05, 4.69) is 5.32 Å². The highest BCUT2D eigenvalue weighted by atomic mass is 35.5. The number of allylic oxidation sites excluding steroid dienone is 1. The first-order valence-corrected chi connectivity index (χ1v) is 8.82. The Morgan fingerprint density at radius 1 is 1.28 bits per heavy atom. The molecule has 1 aliphatic rings. The van der Waals surface area contributed by atoms with Gasteiger partial charge in [-0.25, -0.2) is 0 Å². The number of nitro benzene ring substituents is 1. The fraction of sp³-hybridized carbons (Fsp3) is 0.167. The van der Waals surface area contributed by atoms with Crippen LogP contribution in [0.2, 0.25) is 5.02 Å². The number of carbonyl (C=O) groups excluding carboxylic acids is 1. The van der Waals surface area contributed by atoms with Crippen LogP contribution < -0.4 is 5.32 Å². The van der Waals surface area contributed by atoms with E-state index in [1.54, 1.807) is 37.3 Å². The van der Waals surface area contributed by atoms with Crippen LogP contribution in [0.4, 0.5) is 11.4 Å². The van der Waals surface area contributed by atoms with Gasteiger partial charge in [0.15, 0.2) is 5.78 Å². The standard InChI is InChI=1S/C18H15ClN2O3S/c1-10-17(11(2)22)18(13-5-3-4-6-15(13)21(23)24)25-16-8-7-12(19)9-14(16)20-10/h3-9,18,20H,1-2H3. The van der Waals surface area contributed by atoms with Gasteiger partial charge in [-0.2, -0.15) is 0 Å². The number of hydrogen-bond acceptors (Lipinski definition) is 5. The minimum Gasteiger partial charge on any atom is -0.358 e. The molecule has 3 rings (SSSR count). The van der Waals surface area contributed by atoms with Crippen LogP contribution in [0.15, 0.2) is 58.6 Å². The van der Waals surface area contributed by atoms with E-state index in [-0.39, 0.29) is 11.5 Å². The van der Waals surface area contributed by atoms with Gasteiger partial charge < -0.3 is 5.32 Å². The summed E-state index contributed by atoms with van der Waals surface area (Å²) in [4.78, 5) is 24.3. The second-order valence-corrected chi connectivity index (χ2v) is 7.26. The molecule has 5 nitrogen and oxygen atoms in total. The van der Waals surface area contributed by atoms with E-state index in [0.717, 1.165) is 10.6 Å². The molecule has 1 N–H and O–H groups in total. The van der Waals surface area contributed by atoms with Crippen LogP contribution in [-0.2, 0) is 4.79 Å². The summed E-state index contributed by atoms with van der Waals surface area (Å²) in [6.45, 7) is 3.28. The molecule has 0 aromatic heterocycles. The number of nitro groups is 1. The van der Waals surface area contributed by atoms with Crippen LogP contribution in [0.3, 0.4) is 0 Å². The Kier molecular flexibility index (Phi) is 4.83. The van der Waals surface area contributed by atoms with Crippen LogP contribution in [0.5, 0.6) is 0 Å². The van der Waals surface area contributed by atoms with Gasteiger partial charge in [0.05, 0.1) is 15.9 Å². The second kappa shape index (κ2) is 6.90. The average molecular weight is 375 g/mol. The smallest absolute Gasteiger partial charge is 0.274 e. The van der Waals surface area contributed by atoms with Crippen LogP contribution in [0, 0.1) is 10.1 Å². The molecule has 0 fully saturated rings. The lowest BCUT2D eigenvalue weighted by Gasteiger charge is -2.18. The van der Waals surface area contributed by atoms with Crippen molar-refractivity contribution in [1.82, 2.24) is 0 Å². The van der Waals surface area contributed by atoms with E-state index in [9.17, 15) is 14.9 Å². The van der Waals surface area contributed by atoms with Gasteiger partial charge in [-0.3, -0.25) is 14.9 Å². The number of rotatable bonds is 3. The first kappa shape index (κ1) is 17.5. The van der Waals surface area contributed by atoms with Crippen LogP contribution in [0.25, 0.3) is 0 Å². The van der Waals surface area contributed by atoms with Gasteiger partial charge in [-0.1, -0.05) is 29.8 Å². The number of nitrogens with zero attached hydrogens (tertiary/aromatic N) is 1. The zero-order valence-electron chi connectivity index (χ0n) is 13.6. The molecule has 0 amide bonds. The molecule has 1 unspecified atom stereocenters. The van der Waals surface area contributed by atoms with Gasteiger partial charge in [0, 0.05) is 32.8 Å². The number of para-hydroxylation sites is 1. The summed E-state index contributed by atoms with van der Waals surface area (Å²) in [5.74, 6) is -0.125. The minimum absolute atomic E-state index is 0.00367. The van der Waals surface area contributed by atoms with Gasteiger partial charge >= 0.3 is 0 Å². The molecule has 0 radical (unpaired) electrons. The third-order valence-corrected chi connectivity index (χ3v) is 5.54. The maximum absolute atomic E-state index is 12.3. The Bertz CT molecular complexity index is 911. The lowest BCUT2D eigenvalue weighted by atomic mass is 9.98. The van der Waals surface area contributed by atoms with Crippen molar-refractivity contribution in [2.75, 3.05) is 5.32 Å². The number of benzene rings is 2. The summed E-state index contributed by atoms with van der Waals surface area (Å²) in [5.41, 5.74) is 2.49. The van der Waals surface area contributed by atoms with Crippen molar-refractivity contribution in [2.45, 2.75) is 24.0 Å². The number of thioether (sulfide) groups is 1. The number of hydrogen-bond donors (Lipinski definition) is 1. The minimum atomic E-state index is -0.478. The first-order chi connectivity index (χ1) is 11.9. The number of nitrogens with one attached hydrogen (secondary N) is 1. The summed E-state index contributed by atoms with van der Waals surface area (Å²) < 4.78 is 0. The topological polar surface area (TPSA) is 72.2 Å². The summed E-state index contributed by atoms with van der Waals surface area (Å²) in [5, 5.41) is 14.8. The van der Waals surface area contributed by atoms with Gasteiger partial charge in [-0.15, -0.1) is 11.8 Å². The largest absolute Gasteiger partial charge is 0.358 e. The van der Waals surface area contributed by atoms with E-state index in [4.69, 9.17) is 11.6 Å². The number of fused-ring (bicyclic) bond motifs is 1. The lowest BCUT2D eigenvalue weighted by molar-refractivity contribution is -0.385. The molecule has 128 valence electrons. The molecule has 0 bridgehead atoms. The van der Waals surface area contributed by atoms with Gasteiger partial charge in [0.1, 0.15) is 0 Å². The van der Waals surface area contributed by atoms with Gasteiger partial charge in [0.25, 0.3) is 5.69 Å². The third-order valence-electron chi connectivity index (χ3n) is 3.97. The van der Waals surface area contributed by atoms with E-state index < -0.39 is 10.2 Å². The summed E-state index contributed by atoms with van der Waals surface area (Å²) in [7, 11) is 0. The fourth-order valence-corrected chi connectivity index (χ4v) is 4.49. The van der Waals surface area contributed by atoms with Crippen LogP contribution in [-0.4, -0.2) is 10.7 Å². The van der Waals surface area contributed by atoms with Crippen molar-refractivity contribution in [2.24, 2.45) is 0 Å². The number of Topliss-reactive ketones (excluding diaryl/α,β-unsaturated/α-hetero) is 1. The maximum Gasteiger partial charge on any atom is 0.274 e. The van der Waals surface area contributed by atoms with Crippen LogP contribution in [0.1, 0.15) is 24.7 Å². The summed E-state index contributed by atoms with van der Waals surface area (Å²) in [6.07, 6.45) is 0. The highest BCUT2D eigenvalue weighted by molar-refractivity contribution is 8.00. The highest BCUT2D eigenvalue weighted by Gasteiger charge is 2.32. The SMILES string of the molecule is CC(=O)C1=C(C)Nc2cc(Cl)ccc2SC1c1ccccc1[N+](=O)[O-]. The predicted octanol–water partition coefficient (Wildman–Crippen LogP) is 5.37. The second-order valence-electron chi connectivity index (χ2n) is 5.67. The first-order valence-electron chi connectivity index (χ1n) is 7.56.